The van der Waals surface area contributed by atoms with Crippen molar-refractivity contribution in [1.82, 2.24) is 9.13 Å². The van der Waals surface area contributed by atoms with Gasteiger partial charge in [-0.25, -0.2) is 18.3 Å². The standard InChI is InChI=1S/2C17H27N4.BrH.H/c2*18-11-7-3-1-5-9-13-20-15-16-21(17-20)14-10-6-2-4-8-12-19;;/h2*15-17H,1-10,13-14H2;1H;/q2*+1;;-1/p-1. The first-order chi connectivity index (χ1) is 20.7. The van der Waals surface area contributed by atoms with Crippen LogP contribution in [0.2, 0.25) is 0 Å². The summed E-state index contributed by atoms with van der Waals surface area (Å²) >= 11 is 0. The Balaban J connectivity index is 0. The van der Waals surface area contributed by atoms with E-state index in [1.165, 1.54) is 51.4 Å². The molecule has 0 bridgehead atoms. The fourth-order valence-corrected chi connectivity index (χ4v) is 4.81. The molecule has 0 saturated carbocycles. The van der Waals surface area contributed by atoms with Crippen LogP contribution in [0.4, 0.5) is 0 Å². The SMILES string of the molecule is N#CCCCCCCn1cc[n+](CCCCCCC#N)c1.N#CCCCCCCn1cc[n+](CCCCCCC#N)c1.[Br-].[H-]. The lowest BCUT2D eigenvalue weighted by Gasteiger charge is -1.98. The fourth-order valence-electron chi connectivity index (χ4n) is 4.81. The van der Waals surface area contributed by atoms with Crippen molar-refractivity contribution < 1.29 is 27.5 Å². The van der Waals surface area contributed by atoms with Gasteiger partial charge in [0.05, 0.1) is 50.5 Å². The summed E-state index contributed by atoms with van der Waals surface area (Å²) in [7, 11) is 0. The number of hydrogen-bond donors (Lipinski definition) is 0. The maximum Gasteiger partial charge on any atom is 0.243 e. The first-order valence-corrected chi connectivity index (χ1v) is 16.3. The Kier molecular flexibility index (Phi) is 28.1. The average Bonchev–Trinajstić information content (AvgIpc) is 3.66. The molecule has 0 saturated heterocycles. The number of imidazole rings is 2. The minimum absolute atomic E-state index is 0. The summed E-state index contributed by atoms with van der Waals surface area (Å²) in [4.78, 5) is 0. The second kappa shape index (κ2) is 30.3. The van der Waals surface area contributed by atoms with E-state index in [0.717, 1.165) is 77.5 Å². The fraction of sp³-hybridized carbons (Fsp3) is 0.706. The molecule has 0 amide bonds. The summed E-state index contributed by atoms with van der Waals surface area (Å²) in [6.45, 7) is 4.28. The zero-order chi connectivity index (χ0) is 30.4. The first kappa shape index (κ1) is 39.9. The van der Waals surface area contributed by atoms with Crippen molar-refractivity contribution in [1.29, 1.82) is 21.0 Å². The summed E-state index contributed by atoms with van der Waals surface area (Å²) in [5.41, 5.74) is 0. The van der Waals surface area contributed by atoms with Gasteiger partial charge in [-0.2, -0.15) is 21.0 Å². The first-order valence-electron chi connectivity index (χ1n) is 16.3. The molecular formula is C34H55BrN8. The van der Waals surface area contributed by atoms with Gasteiger partial charge in [0.1, 0.15) is 24.8 Å². The van der Waals surface area contributed by atoms with E-state index in [1.807, 2.05) is 0 Å². The van der Waals surface area contributed by atoms with Crippen LogP contribution in [-0.2, 0) is 26.2 Å². The van der Waals surface area contributed by atoms with E-state index in [0.29, 0.717) is 25.7 Å². The number of aromatic nitrogens is 4. The van der Waals surface area contributed by atoms with Crippen molar-refractivity contribution >= 4 is 0 Å². The lowest BCUT2D eigenvalue weighted by molar-refractivity contribution is -0.697. The summed E-state index contributed by atoms with van der Waals surface area (Å²) in [6.07, 6.45) is 34.1. The molecule has 2 rings (SSSR count). The topological polar surface area (TPSA) is 113 Å². The maximum atomic E-state index is 8.46. The van der Waals surface area contributed by atoms with Crippen molar-refractivity contribution in [3.8, 4) is 24.3 Å². The largest absolute Gasteiger partial charge is 1.00 e. The van der Waals surface area contributed by atoms with Gasteiger partial charge in [0.2, 0.25) is 12.7 Å². The predicted octanol–water partition coefficient (Wildman–Crippen LogP) is 4.56. The Hall–Kier alpha value is -3.14. The van der Waals surface area contributed by atoms with E-state index in [4.69, 9.17) is 21.0 Å². The molecule has 0 aliphatic rings. The second-order valence-corrected chi connectivity index (χ2v) is 11.1. The summed E-state index contributed by atoms with van der Waals surface area (Å²) in [5, 5.41) is 33.9. The molecule has 2 aromatic rings. The molecule has 9 heteroatoms. The summed E-state index contributed by atoms with van der Waals surface area (Å²) < 4.78 is 9.00. The van der Waals surface area contributed by atoms with E-state index in [-0.39, 0.29) is 18.4 Å². The molecule has 0 N–H and O–H groups in total. The van der Waals surface area contributed by atoms with Crippen molar-refractivity contribution in [3.63, 3.8) is 0 Å². The molecule has 2 heterocycles. The molecule has 0 atom stereocenters. The van der Waals surface area contributed by atoms with Crippen LogP contribution < -0.4 is 26.1 Å². The third kappa shape index (κ3) is 24.0. The lowest BCUT2D eigenvalue weighted by Crippen LogP contribution is -3.00. The number of hydrogen-bond acceptors (Lipinski definition) is 4. The highest BCUT2D eigenvalue weighted by Crippen LogP contribution is 2.06. The third-order valence-electron chi connectivity index (χ3n) is 7.31. The molecular weight excluding hydrogens is 600 g/mol. The van der Waals surface area contributed by atoms with Crippen LogP contribution in [0.5, 0.6) is 0 Å². The molecule has 2 aromatic heterocycles. The number of unbranched alkanes of at least 4 members (excludes halogenated alkanes) is 16. The van der Waals surface area contributed by atoms with E-state index >= 15 is 0 Å². The van der Waals surface area contributed by atoms with Crippen molar-refractivity contribution in [2.45, 2.75) is 155 Å². The van der Waals surface area contributed by atoms with Gasteiger partial charge < -0.3 is 18.4 Å². The molecule has 8 nitrogen and oxygen atoms in total. The van der Waals surface area contributed by atoms with Crippen LogP contribution in [0.3, 0.4) is 0 Å². The van der Waals surface area contributed by atoms with Gasteiger partial charge in [-0.15, -0.1) is 0 Å². The van der Waals surface area contributed by atoms with Gasteiger partial charge >= 0.3 is 0 Å². The molecule has 0 aliphatic heterocycles. The van der Waals surface area contributed by atoms with E-state index in [1.54, 1.807) is 0 Å². The average molecular weight is 656 g/mol. The van der Waals surface area contributed by atoms with Gasteiger partial charge in [0.25, 0.3) is 0 Å². The van der Waals surface area contributed by atoms with Crippen molar-refractivity contribution in [2.75, 3.05) is 0 Å². The van der Waals surface area contributed by atoms with E-state index in [2.05, 4.69) is 80.0 Å². The highest BCUT2D eigenvalue weighted by atomic mass is 79.9. The quantitative estimate of drug-likeness (QED) is 0.122. The monoisotopic (exact) mass is 654 g/mol. The molecule has 0 radical (unpaired) electrons. The van der Waals surface area contributed by atoms with Crippen LogP contribution in [0.15, 0.2) is 37.4 Å². The molecule has 0 aromatic carbocycles. The Labute approximate surface area is 273 Å². The highest BCUT2D eigenvalue weighted by Gasteiger charge is 2.04. The van der Waals surface area contributed by atoms with Crippen LogP contribution in [0.1, 0.15) is 130 Å². The number of rotatable bonds is 24. The Morgan fingerprint density at radius 2 is 0.744 bits per heavy atom. The molecule has 0 aliphatic carbocycles. The minimum atomic E-state index is 0. The Morgan fingerprint density at radius 3 is 1.07 bits per heavy atom. The second-order valence-electron chi connectivity index (χ2n) is 11.1. The molecule has 0 fully saturated rings. The maximum absolute atomic E-state index is 8.46. The molecule has 0 spiro atoms. The number of halogens is 1. The Morgan fingerprint density at radius 1 is 0.442 bits per heavy atom. The van der Waals surface area contributed by atoms with Crippen molar-refractivity contribution in [3.05, 3.63) is 37.4 Å². The van der Waals surface area contributed by atoms with Gasteiger partial charge in [-0.05, 0) is 77.0 Å². The highest BCUT2D eigenvalue weighted by molar-refractivity contribution is 4.71. The predicted molar refractivity (Wildman–Crippen MR) is 165 cm³/mol. The molecule has 0 unspecified atom stereocenters. The van der Waals surface area contributed by atoms with Crippen LogP contribution in [-0.4, -0.2) is 9.13 Å². The molecule has 238 valence electrons. The molecule has 43 heavy (non-hydrogen) atoms. The van der Waals surface area contributed by atoms with Crippen LogP contribution in [0, 0.1) is 45.3 Å². The summed E-state index contributed by atoms with van der Waals surface area (Å²) in [5.74, 6) is 0. The number of aryl methyl sites for hydroxylation is 4. The smallest absolute Gasteiger partial charge is 0.243 e. The van der Waals surface area contributed by atoms with Gasteiger partial charge in [-0.1, -0.05) is 25.7 Å². The van der Waals surface area contributed by atoms with E-state index < -0.39 is 0 Å². The van der Waals surface area contributed by atoms with Crippen LogP contribution in [0.25, 0.3) is 0 Å². The zero-order valence-electron chi connectivity index (χ0n) is 27.4. The number of nitriles is 4. The van der Waals surface area contributed by atoms with Crippen LogP contribution >= 0.6 is 0 Å². The van der Waals surface area contributed by atoms with Gasteiger partial charge in [0.15, 0.2) is 0 Å². The summed E-state index contributed by atoms with van der Waals surface area (Å²) in [6, 6.07) is 8.76. The lowest BCUT2D eigenvalue weighted by atomic mass is 10.1. The minimum Gasteiger partial charge on any atom is -1.00 e. The van der Waals surface area contributed by atoms with Gasteiger partial charge in [0, 0.05) is 25.7 Å². The third-order valence-corrected chi connectivity index (χ3v) is 7.31. The van der Waals surface area contributed by atoms with E-state index in [9.17, 15) is 0 Å². The number of nitrogens with zero attached hydrogens (tertiary/aromatic N) is 8. The Bertz CT molecular complexity index is 919. The van der Waals surface area contributed by atoms with Crippen molar-refractivity contribution in [2.24, 2.45) is 0 Å². The zero-order valence-corrected chi connectivity index (χ0v) is 28.0. The van der Waals surface area contributed by atoms with Gasteiger partial charge in [-0.3, -0.25) is 0 Å². The normalized spacial score (nSPS) is 9.95.